The molecule has 5 aliphatic heterocycles. The van der Waals surface area contributed by atoms with Gasteiger partial charge in [0.15, 0.2) is 5.75 Å². The molecule has 0 bridgehead atoms. The molecule has 0 saturated carbocycles. The van der Waals surface area contributed by atoms with Crippen molar-refractivity contribution in [3.8, 4) is 5.75 Å². The Balaban J connectivity index is 0.000000171. The van der Waals surface area contributed by atoms with E-state index in [-0.39, 0.29) is 33.5 Å². The van der Waals surface area contributed by atoms with E-state index in [1.807, 2.05) is 6.07 Å². The first-order valence-corrected chi connectivity index (χ1v) is 36.9. The second-order valence-electron chi connectivity index (χ2n) is 26.9. The number of anilines is 8. The van der Waals surface area contributed by atoms with Gasteiger partial charge in [-0.15, -0.1) is 0 Å². The van der Waals surface area contributed by atoms with Crippen molar-refractivity contribution < 1.29 is 23.1 Å². The molecule has 96 heavy (non-hydrogen) atoms. The van der Waals surface area contributed by atoms with Crippen molar-refractivity contribution in [1.82, 2.24) is 20.0 Å². The van der Waals surface area contributed by atoms with Crippen LogP contribution in [-0.4, -0.2) is 152 Å². The fourth-order valence-corrected chi connectivity index (χ4v) is 16.7. The second-order valence-corrected chi connectivity index (χ2v) is 29.4. The number of rotatable bonds is 16. The largest absolute Gasteiger partial charge is 0.505 e. The fraction of sp³-hybridized carbons (Fsp3) is 0.493. The average Bonchev–Trinajstić information content (AvgIpc) is 0.817. The Labute approximate surface area is 582 Å². The number of carbonyl (C=O) groups is 2. The van der Waals surface area contributed by atoms with Gasteiger partial charge in [-0.1, -0.05) is 77.8 Å². The summed E-state index contributed by atoms with van der Waals surface area (Å²) in [7, 11) is -1.94. The number of piperidine rings is 3. The van der Waals surface area contributed by atoms with E-state index in [0.29, 0.717) is 17.8 Å². The highest BCUT2D eigenvalue weighted by molar-refractivity contribution is 7.92. The molecule has 5 aliphatic rings. The second kappa shape index (κ2) is 34.0. The molecule has 0 aromatic heterocycles. The van der Waals surface area contributed by atoms with Crippen LogP contribution in [0.1, 0.15) is 119 Å². The summed E-state index contributed by atoms with van der Waals surface area (Å²) >= 11 is 11.8. The zero-order valence-corrected chi connectivity index (χ0v) is 60.9. The van der Waals surface area contributed by atoms with E-state index in [0.717, 1.165) is 174 Å². The minimum atomic E-state index is -4.11. The summed E-state index contributed by atoms with van der Waals surface area (Å²) in [6.07, 6.45) is 11.0. The van der Waals surface area contributed by atoms with Gasteiger partial charge in [-0.25, -0.2) is 18.0 Å². The Morgan fingerprint density at radius 3 is 1.44 bits per heavy atom. The summed E-state index contributed by atoms with van der Waals surface area (Å²) in [6.45, 7) is 36.6. The Bertz CT molecular complexity index is 3770. The zero-order chi connectivity index (χ0) is 68.8. The summed E-state index contributed by atoms with van der Waals surface area (Å²) in [5.74, 6) is -0.546. The zero-order valence-electron chi connectivity index (χ0n) is 58.5. The third kappa shape index (κ3) is 18.6. The number of carbonyl (C=O) groups excluding carboxylic acids is 2. The lowest BCUT2D eigenvalue weighted by Crippen LogP contribution is -2.48. The highest BCUT2D eigenvalue weighted by Crippen LogP contribution is 2.40. The standard InChI is InChI=1S/C29H43N5O.C28H41N5O.C18H21Cl2N3O3S/c1-19-17-21(3)27(33-11-9-8-10-12-33)23(5)25(19)30-29(35)31-26-20(2)18-22(4)28(24(26)6)34-15-13-32(7)14-16-34;1-22-20-23(2)27(33-13-8-5-9-14-33)24(3)26(22)30-28(34)29-12-15-31-16-18-32(19-17-31)21-25-10-6-4-7-11-25;19-12-9-14(20)18(24)17(10-12)27(25,26)22-15-5-4-6-16(13(15)11-21)23-7-2-1-3-8-23/h17-18H,8-16H2,1-7H3,(H2,30,31,35);4,6-7,10-11,20H,5,8-9,12-19,21H2,1-3H3,(H2,29,30,34);4-6,9-10,22,24H,1-3,7-8,11,21H2. The topological polar surface area (TPSA) is 197 Å². The summed E-state index contributed by atoms with van der Waals surface area (Å²) in [4.78, 5) is 42.7. The van der Waals surface area contributed by atoms with Crippen molar-refractivity contribution >= 4 is 90.8 Å². The normalized spacial score (nSPS) is 16.6. The maximum absolute atomic E-state index is 13.3. The quantitative estimate of drug-likeness (QED) is 0.0484. The molecular formula is C75H105Cl2N13O5S. The highest BCUT2D eigenvalue weighted by Gasteiger charge is 2.28. The van der Waals surface area contributed by atoms with Gasteiger partial charge < -0.3 is 56.6 Å². The lowest BCUT2D eigenvalue weighted by Gasteiger charge is -2.36. The number of likely N-dealkylation sites (N-methyl/N-ethyl adjacent to an activating group) is 1. The van der Waals surface area contributed by atoms with Crippen LogP contribution in [0.4, 0.5) is 55.1 Å². The molecule has 520 valence electrons. The summed E-state index contributed by atoms with van der Waals surface area (Å²) in [6, 6.07) is 24.8. The number of nitrogens with two attached hydrogens (primary N) is 1. The van der Waals surface area contributed by atoms with Gasteiger partial charge in [-0.2, -0.15) is 0 Å². The number of urea groups is 2. The Morgan fingerprint density at radius 2 is 0.958 bits per heavy atom. The predicted octanol–water partition coefficient (Wildman–Crippen LogP) is 14.4. The predicted molar refractivity (Wildman–Crippen MR) is 401 cm³/mol. The van der Waals surface area contributed by atoms with Gasteiger partial charge >= 0.3 is 12.1 Å². The molecule has 5 saturated heterocycles. The Hall–Kier alpha value is -6.97. The fourth-order valence-electron chi connectivity index (χ4n) is 14.8. The number of sulfonamides is 1. The minimum absolute atomic E-state index is 0.109. The molecule has 21 heteroatoms. The molecule has 8 N–H and O–H groups in total. The number of phenols is 1. The summed E-state index contributed by atoms with van der Waals surface area (Å²) in [5, 5.41) is 22.7. The van der Waals surface area contributed by atoms with Crippen molar-refractivity contribution in [2.75, 3.05) is 152 Å². The molecule has 6 aromatic carbocycles. The highest BCUT2D eigenvalue weighted by atomic mass is 35.5. The van der Waals surface area contributed by atoms with Crippen molar-refractivity contribution in [3.63, 3.8) is 0 Å². The molecule has 4 amide bonds. The van der Waals surface area contributed by atoms with Crippen LogP contribution in [0.25, 0.3) is 0 Å². The van der Waals surface area contributed by atoms with E-state index in [2.05, 4.69) is 178 Å². The van der Waals surface area contributed by atoms with Crippen molar-refractivity contribution in [1.29, 1.82) is 0 Å². The molecule has 0 spiro atoms. The van der Waals surface area contributed by atoms with Gasteiger partial charge in [0.1, 0.15) is 4.90 Å². The van der Waals surface area contributed by atoms with Crippen LogP contribution in [0.3, 0.4) is 0 Å². The van der Waals surface area contributed by atoms with Crippen LogP contribution in [0.2, 0.25) is 10.0 Å². The maximum atomic E-state index is 13.3. The van der Waals surface area contributed by atoms with Gasteiger partial charge in [0, 0.05) is 151 Å². The van der Waals surface area contributed by atoms with Crippen LogP contribution in [0.15, 0.2) is 83.8 Å². The van der Waals surface area contributed by atoms with Crippen molar-refractivity contribution in [3.05, 3.63) is 150 Å². The molecule has 18 nitrogen and oxygen atoms in total. The number of nitrogens with one attached hydrogen (secondary N) is 5. The first-order chi connectivity index (χ1) is 46.0. The van der Waals surface area contributed by atoms with Gasteiger partial charge in [0.25, 0.3) is 10.0 Å². The molecule has 5 fully saturated rings. The summed E-state index contributed by atoms with van der Waals surface area (Å²) < 4.78 is 28.2. The van der Waals surface area contributed by atoms with Crippen LogP contribution in [0.5, 0.6) is 5.75 Å². The SMILES string of the molecule is Cc1cc(C)c(N2CCCCC2)c(C)c1NC(=O)NCCN1CCN(Cc2ccccc2)CC1.Cc1cc(C)c(N2CCCCC2)c(C)c1NC(=O)Nc1c(C)cc(C)c(N2CCN(C)CC2)c1C.NCc1c(NS(=O)(=O)c2cc(Cl)cc(Cl)c2O)cccc1N1CCCCC1. The first-order valence-electron chi connectivity index (χ1n) is 34.7. The van der Waals surface area contributed by atoms with Gasteiger partial charge in [0.05, 0.1) is 27.8 Å². The van der Waals surface area contributed by atoms with Gasteiger partial charge in [0.2, 0.25) is 0 Å². The molecule has 0 atom stereocenters. The molecule has 0 aliphatic carbocycles. The van der Waals surface area contributed by atoms with Crippen LogP contribution in [-0.2, 0) is 23.1 Å². The number of phenolic OH excluding ortho intramolecular Hbond substituents is 1. The third-order valence-corrected chi connectivity index (χ3v) is 21.6. The molecule has 6 aromatic rings. The van der Waals surface area contributed by atoms with Crippen LogP contribution < -0.4 is 51.3 Å². The van der Waals surface area contributed by atoms with Crippen LogP contribution >= 0.6 is 23.2 Å². The maximum Gasteiger partial charge on any atom is 0.323 e. The van der Waals surface area contributed by atoms with Gasteiger partial charge in [-0.05, 0) is 207 Å². The lowest BCUT2D eigenvalue weighted by molar-refractivity contribution is 0.128. The average molecular weight is 1370 g/mol. The monoisotopic (exact) mass is 1370 g/mol. The van der Waals surface area contributed by atoms with E-state index >= 15 is 0 Å². The van der Waals surface area contributed by atoms with E-state index in [1.165, 1.54) is 95.9 Å². The number of piperazine rings is 2. The molecule has 5 heterocycles. The molecule has 0 radical (unpaired) electrons. The Morgan fingerprint density at radius 1 is 0.510 bits per heavy atom. The van der Waals surface area contributed by atoms with E-state index < -0.39 is 15.8 Å². The lowest BCUT2D eigenvalue weighted by atomic mass is 9.99. The summed E-state index contributed by atoms with van der Waals surface area (Å²) in [5.41, 5.74) is 26.6. The van der Waals surface area contributed by atoms with Crippen molar-refractivity contribution in [2.24, 2.45) is 5.73 Å². The number of aryl methyl sites for hydroxylation is 6. The minimum Gasteiger partial charge on any atom is -0.505 e. The number of hydrogen-bond donors (Lipinski definition) is 7. The van der Waals surface area contributed by atoms with E-state index in [9.17, 15) is 23.1 Å². The smallest absolute Gasteiger partial charge is 0.323 e. The number of aromatic hydroxyl groups is 1. The molecule has 11 rings (SSSR count). The Kier molecular flexibility index (Phi) is 26.0. The molecule has 0 unspecified atom stereocenters. The number of amides is 4. The van der Waals surface area contributed by atoms with Crippen molar-refractivity contribution in [2.45, 2.75) is 138 Å². The molecular weight excluding hydrogens is 1270 g/mol. The number of nitrogens with zero attached hydrogens (tertiary/aromatic N) is 7. The number of benzene rings is 6. The van der Waals surface area contributed by atoms with E-state index in [1.54, 1.807) is 12.1 Å². The third-order valence-electron chi connectivity index (χ3n) is 19.7. The van der Waals surface area contributed by atoms with E-state index in [4.69, 9.17) is 28.9 Å². The van der Waals surface area contributed by atoms with Crippen LogP contribution in [0, 0.1) is 62.3 Å². The first kappa shape index (κ1) is 73.3. The van der Waals surface area contributed by atoms with Gasteiger partial charge in [-0.3, -0.25) is 14.5 Å². The number of halogens is 2. The number of hydrogen-bond acceptors (Lipinski definition) is 13.